The van der Waals surface area contributed by atoms with E-state index >= 15 is 0 Å². The van der Waals surface area contributed by atoms with E-state index < -0.39 is 6.29 Å². The van der Waals surface area contributed by atoms with Gasteiger partial charge in [0.2, 0.25) is 0 Å². The molecule has 0 saturated carbocycles. The molecule has 0 unspecified atom stereocenters. The van der Waals surface area contributed by atoms with E-state index in [9.17, 15) is 0 Å². The lowest BCUT2D eigenvalue weighted by Gasteiger charge is -2.32. The van der Waals surface area contributed by atoms with Crippen LogP contribution in [0.3, 0.4) is 0 Å². The van der Waals surface area contributed by atoms with E-state index in [2.05, 4.69) is 38.5 Å². The van der Waals surface area contributed by atoms with Gasteiger partial charge in [0.05, 0.1) is 0 Å². The van der Waals surface area contributed by atoms with Crippen molar-refractivity contribution in [1.29, 1.82) is 0 Å². The lowest BCUT2D eigenvalue weighted by molar-refractivity contribution is -0.0985. The van der Waals surface area contributed by atoms with Gasteiger partial charge in [0.25, 0.3) is 0 Å². The lowest BCUT2D eigenvalue weighted by atomic mass is 9.96. The summed E-state index contributed by atoms with van der Waals surface area (Å²) in [6, 6.07) is 4.11. The van der Waals surface area contributed by atoms with E-state index in [4.69, 9.17) is 10.2 Å². The summed E-state index contributed by atoms with van der Waals surface area (Å²) in [7, 11) is 0. The zero-order valence-electron chi connectivity index (χ0n) is 9.59. The van der Waals surface area contributed by atoms with E-state index in [0.717, 1.165) is 36.2 Å². The van der Waals surface area contributed by atoms with Gasteiger partial charge >= 0.3 is 0 Å². The zero-order chi connectivity index (χ0) is 12.3. The van der Waals surface area contributed by atoms with Crippen molar-refractivity contribution in [2.24, 2.45) is 5.92 Å². The summed E-state index contributed by atoms with van der Waals surface area (Å²) in [6.45, 7) is 2.75. The van der Waals surface area contributed by atoms with E-state index in [0.29, 0.717) is 0 Å². The fraction of sp³-hybridized carbons (Fsp3) is 0.583. The Morgan fingerprint density at radius 2 is 2.06 bits per heavy atom. The van der Waals surface area contributed by atoms with Gasteiger partial charge in [-0.2, -0.15) is 0 Å². The lowest BCUT2D eigenvalue weighted by Crippen LogP contribution is -2.37. The van der Waals surface area contributed by atoms with Crippen LogP contribution in [0.2, 0.25) is 0 Å². The average Bonchev–Trinajstić information content (AvgIpc) is 2.33. The van der Waals surface area contributed by atoms with Gasteiger partial charge < -0.3 is 10.2 Å². The highest BCUT2D eigenvalue weighted by molar-refractivity contribution is 14.1. The molecular weight excluding hydrogens is 331 g/mol. The number of piperidine rings is 1. The summed E-state index contributed by atoms with van der Waals surface area (Å²) in [4.78, 5) is 6.60. The van der Waals surface area contributed by atoms with Gasteiger partial charge in [-0.1, -0.05) is 6.07 Å². The number of likely N-dealkylation sites (tertiary alicyclic amines) is 1. The van der Waals surface area contributed by atoms with Crippen molar-refractivity contribution in [2.75, 3.05) is 13.1 Å². The fourth-order valence-corrected chi connectivity index (χ4v) is 2.49. The van der Waals surface area contributed by atoms with Gasteiger partial charge in [-0.15, -0.1) is 0 Å². The van der Waals surface area contributed by atoms with E-state index in [-0.39, 0.29) is 5.92 Å². The van der Waals surface area contributed by atoms with Crippen LogP contribution < -0.4 is 0 Å². The van der Waals surface area contributed by atoms with Crippen molar-refractivity contribution in [3.05, 3.63) is 27.6 Å². The van der Waals surface area contributed by atoms with Crippen molar-refractivity contribution in [3.8, 4) is 0 Å². The Kier molecular flexibility index (Phi) is 4.72. The van der Waals surface area contributed by atoms with Gasteiger partial charge in [-0.25, -0.2) is 0 Å². The normalized spacial score (nSPS) is 18.8. The first-order chi connectivity index (χ1) is 8.15. The Hall–Kier alpha value is -0.240. The van der Waals surface area contributed by atoms with Crippen LogP contribution in [-0.4, -0.2) is 39.5 Å². The SMILES string of the molecule is OC(O)C1CCN(Cc2ccc(I)nc2)CC1. The average molecular weight is 348 g/mol. The standard InChI is InChI=1S/C12H17IN2O2/c13-11-2-1-9(7-14-11)8-15-5-3-10(4-6-15)12(16)17/h1-2,7,10,12,16-17H,3-6,8H2. The van der Waals surface area contributed by atoms with Crippen LogP contribution in [0.15, 0.2) is 18.3 Å². The summed E-state index contributed by atoms with van der Waals surface area (Å²) in [5.74, 6) is 0.0427. The molecule has 0 spiro atoms. The third kappa shape index (κ3) is 3.87. The molecule has 1 aliphatic rings. The van der Waals surface area contributed by atoms with E-state index in [1.165, 1.54) is 5.56 Å². The van der Waals surface area contributed by atoms with Crippen LogP contribution >= 0.6 is 22.6 Å². The number of hydrogen-bond donors (Lipinski definition) is 2. The molecule has 0 atom stereocenters. The number of halogens is 1. The number of hydrogen-bond acceptors (Lipinski definition) is 4. The zero-order valence-corrected chi connectivity index (χ0v) is 11.7. The number of aliphatic hydroxyl groups excluding tert-OH is 1. The van der Waals surface area contributed by atoms with Crippen LogP contribution in [0.25, 0.3) is 0 Å². The van der Waals surface area contributed by atoms with E-state index in [1.807, 2.05) is 12.3 Å². The number of rotatable bonds is 3. The molecule has 0 bridgehead atoms. The predicted molar refractivity (Wildman–Crippen MR) is 73.2 cm³/mol. The molecule has 1 fully saturated rings. The second kappa shape index (κ2) is 6.08. The first-order valence-corrected chi connectivity index (χ1v) is 6.92. The first kappa shape index (κ1) is 13.2. The van der Waals surface area contributed by atoms with Crippen molar-refractivity contribution >= 4 is 22.6 Å². The van der Waals surface area contributed by atoms with Gasteiger partial charge in [-0.05, 0) is 60.2 Å². The van der Waals surface area contributed by atoms with Gasteiger partial charge in [-0.3, -0.25) is 9.88 Å². The minimum atomic E-state index is -1.16. The fourth-order valence-electron chi connectivity index (χ4n) is 2.17. The molecule has 17 heavy (non-hydrogen) atoms. The third-order valence-corrected chi connectivity index (χ3v) is 3.89. The van der Waals surface area contributed by atoms with Crippen LogP contribution in [0.1, 0.15) is 18.4 Å². The molecule has 2 heterocycles. The molecule has 2 rings (SSSR count). The Bertz CT molecular complexity index is 348. The predicted octanol–water partition coefficient (Wildman–Crippen LogP) is 1.21. The molecule has 0 amide bonds. The minimum absolute atomic E-state index is 0.0427. The molecule has 0 radical (unpaired) electrons. The van der Waals surface area contributed by atoms with Crippen molar-refractivity contribution in [1.82, 2.24) is 9.88 Å². The van der Waals surface area contributed by atoms with Gasteiger partial charge in [0, 0.05) is 18.7 Å². The smallest absolute Gasteiger partial charge is 0.154 e. The topological polar surface area (TPSA) is 56.6 Å². The number of aliphatic hydroxyl groups is 2. The van der Waals surface area contributed by atoms with Crippen molar-refractivity contribution < 1.29 is 10.2 Å². The number of pyridine rings is 1. The molecule has 2 N–H and O–H groups in total. The number of aromatic nitrogens is 1. The molecule has 4 nitrogen and oxygen atoms in total. The van der Waals surface area contributed by atoms with Crippen LogP contribution in [0.4, 0.5) is 0 Å². The summed E-state index contributed by atoms with van der Waals surface area (Å²) in [5.41, 5.74) is 1.22. The second-order valence-electron chi connectivity index (χ2n) is 4.52. The van der Waals surface area contributed by atoms with Crippen LogP contribution in [-0.2, 0) is 6.54 Å². The van der Waals surface area contributed by atoms with Crippen LogP contribution in [0.5, 0.6) is 0 Å². The Morgan fingerprint density at radius 1 is 1.35 bits per heavy atom. The molecule has 1 aromatic heterocycles. The maximum absolute atomic E-state index is 9.11. The monoisotopic (exact) mass is 348 g/mol. The largest absolute Gasteiger partial charge is 0.368 e. The summed E-state index contributed by atoms with van der Waals surface area (Å²) >= 11 is 2.20. The minimum Gasteiger partial charge on any atom is -0.368 e. The molecule has 0 aliphatic carbocycles. The first-order valence-electron chi connectivity index (χ1n) is 5.84. The second-order valence-corrected chi connectivity index (χ2v) is 5.62. The number of nitrogens with zero attached hydrogens (tertiary/aromatic N) is 2. The molecule has 0 aromatic carbocycles. The van der Waals surface area contributed by atoms with Crippen molar-refractivity contribution in [3.63, 3.8) is 0 Å². The molecule has 1 aromatic rings. The van der Waals surface area contributed by atoms with Crippen LogP contribution in [0, 0.1) is 9.62 Å². The summed E-state index contributed by atoms with van der Waals surface area (Å²) in [5, 5.41) is 18.2. The highest BCUT2D eigenvalue weighted by atomic mass is 127. The summed E-state index contributed by atoms with van der Waals surface area (Å²) in [6.07, 6.45) is 2.47. The molecule has 94 valence electrons. The Balaban J connectivity index is 1.84. The molecular formula is C12H17IN2O2. The van der Waals surface area contributed by atoms with E-state index in [1.54, 1.807) is 0 Å². The highest BCUT2D eigenvalue weighted by Gasteiger charge is 2.23. The summed E-state index contributed by atoms with van der Waals surface area (Å²) < 4.78 is 1.01. The van der Waals surface area contributed by atoms with Crippen molar-refractivity contribution in [2.45, 2.75) is 25.7 Å². The van der Waals surface area contributed by atoms with Gasteiger partial charge in [0.1, 0.15) is 3.70 Å². The molecule has 5 heteroatoms. The maximum atomic E-state index is 9.11. The molecule has 1 aliphatic heterocycles. The molecule has 1 saturated heterocycles. The third-order valence-electron chi connectivity index (χ3n) is 3.25. The van der Waals surface area contributed by atoms with Gasteiger partial charge in [0.15, 0.2) is 6.29 Å². The Morgan fingerprint density at radius 3 is 2.59 bits per heavy atom. The Labute approximate surface area is 115 Å². The quantitative estimate of drug-likeness (QED) is 0.490. The maximum Gasteiger partial charge on any atom is 0.154 e. The highest BCUT2D eigenvalue weighted by Crippen LogP contribution is 2.20.